The number of rotatable bonds is 8. The Balaban J connectivity index is 1.01. The first-order valence-electron chi connectivity index (χ1n) is 22.9. The number of aromatic nitrogens is 6. The third kappa shape index (κ3) is 7.29. The zero-order valence-electron chi connectivity index (χ0n) is 37.0. The highest BCUT2D eigenvalue weighted by Crippen LogP contribution is 2.43. The van der Waals surface area contributed by atoms with Crippen LogP contribution in [0.25, 0.3) is 132 Å². The molecule has 0 amide bonds. The van der Waals surface area contributed by atoms with Crippen LogP contribution in [0.5, 0.6) is 0 Å². The van der Waals surface area contributed by atoms with Crippen LogP contribution in [0.1, 0.15) is 0 Å². The molecule has 0 bridgehead atoms. The summed E-state index contributed by atoms with van der Waals surface area (Å²) in [7, 11) is 0. The zero-order valence-corrected chi connectivity index (χ0v) is 37.8. The van der Waals surface area contributed by atoms with Crippen molar-refractivity contribution in [2.45, 2.75) is 0 Å². The molecule has 0 saturated carbocycles. The fourth-order valence-corrected chi connectivity index (χ4v) is 10.7. The molecule has 3 heterocycles. The molecule has 0 fully saturated rings. The van der Waals surface area contributed by atoms with Gasteiger partial charge in [0, 0.05) is 59.1 Å². The van der Waals surface area contributed by atoms with Gasteiger partial charge in [0.05, 0.1) is 0 Å². The first-order chi connectivity index (χ1) is 34.2. The van der Waals surface area contributed by atoms with Crippen molar-refractivity contribution < 1.29 is 0 Å². The summed E-state index contributed by atoms with van der Waals surface area (Å²) in [5, 5.41) is 6.82. The molecule has 0 atom stereocenters. The molecule has 0 saturated heterocycles. The predicted octanol–water partition coefficient (Wildman–Crippen LogP) is 16.1. The second-order valence-electron chi connectivity index (χ2n) is 17.0. The summed E-state index contributed by atoms with van der Waals surface area (Å²) in [6.45, 7) is 0. The average molecular weight is 899 g/mol. The number of thiophene rings is 1. The smallest absolute Gasteiger partial charge is 0.165 e. The Kier molecular flexibility index (Phi) is 9.91. The Hall–Kier alpha value is -9.04. The van der Waals surface area contributed by atoms with Crippen LogP contribution < -0.4 is 0 Å². The van der Waals surface area contributed by atoms with Gasteiger partial charge in [-0.05, 0) is 62.5 Å². The van der Waals surface area contributed by atoms with E-state index in [0.717, 1.165) is 81.9 Å². The minimum Gasteiger partial charge on any atom is -0.208 e. The molecule has 0 aliphatic heterocycles. The molecule has 0 spiro atoms. The van der Waals surface area contributed by atoms with E-state index in [1.54, 1.807) is 11.3 Å². The third-order valence-electron chi connectivity index (χ3n) is 12.8. The molecule has 0 radical (unpaired) electrons. The number of nitrogens with zero attached hydrogens (tertiary/aromatic N) is 6. The van der Waals surface area contributed by atoms with Crippen molar-refractivity contribution in [2.75, 3.05) is 0 Å². The predicted molar refractivity (Wildman–Crippen MR) is 285 cm³/mol. The van der Waals surface area contributed by atoms with Crippen LogP contribution >= 0.6 is 11.3 Å². The zero-order chi connectivity index (χ0) is 45.7. The van der Waals surface area contributed by atoms with Crippen molar-refractivity contribution >= 4 is 53.1 Å². The van der Waals surface area contributed by atoms with Crippen LogP contribution in [0.4, 0.5) is 0 Å². The Morgan fingerprint density at radius 3 is 1.32 bits per heavy atom. The normalized spacial score (nSPS) is 11.5. The van der Waals surface area contributed by atoms with E-state index >= 15 is 0 Å². The molecule has 6 nitrogen and oxygen atoms in total. The quantitative estimate of drug-likeness (QED) is 0.151. The van der Waals surface area contributed by atoms with Crippen molar-refractivity contribution in [1.82, 2.24) is 29.9 Å². The van der Waals surface area contributed by atoms with Gasteiger partial charge in [0.1, 0.15) is 0 Å². The fraction of sp³-hybridized carbons (Fsp3) is 0. The summed E-state index contributed by atoms with van der Waals surface area (Å²) < 4.78 is 2.37. The largest absolute Gasteiger partial charge is 0.208 e. The number of hydrogen-bond donors (Lipinski definition) is 0. The second-order valence-corrected chi connectivity index (χ2v) is 18.0. The standard InChI is InChI=1S/C62H38N6S/c1-4-17-39(18-5-1)45-37-38-51(48-26-13-12-25-47(45)48)60-66-61(68-62(67-60)53-29-16-28-50-49-27-14-15-30-54(49)69-56(50)53)52-36-35-40-19-10-11-24-46(40)55(52)41-31-33-44(34-32-41)59-64-57(42-20-6-2-7-21-42)63-58(65-59)43-22-8-3-9-23-43/h1-38H. The molecule has 0 N–H and O–H groups in total. The maximum absolute atomic E-state index is 5.46. The highest BCUT2D eigenvalue weighted by Gasteiger charge is 2.22. The van der Waals surface area contributed by atoms with Crippen molar-refractivity contribution in [3.8, 4) is 90.6 Å². The van der Waals surface area contributed by atoms with Crippen LogP contribution in [0.15, 0.2) is 231 Å². The lowest BCUT2D eigenvalue weighted by Gasteiger charge is -2.16. The highest BCUT2D eigenvalue weighted by atomic mass is 32.1. The van der Waals surface area contributed by atoms with Crippen molar-refractivity contribution in [1.29, 1.82) is 0 Å². The molecule has 69 heavy (non-hydrogen) atoms. The van der Waals surface area contributed by atoms with Gasteiger partial charge in [-0.15, -0.1) is 11.3 Å². The van der Waals surface area contributed by atoms with Gasteiger partial charge in [0.15, 0.2) is 34.9 Å². The van der Waals surface area contributed by atoms with Crippen LogP contribution in [0.2, 0.25) is 0 Å². The Labute approximate surface area is 402 Å². The Morgan fingerprint density at radius 2 is 0.667 bits per heavy atom. The molecule has 7 heteroatoms. The van der Waals surface area contributed by atoms with E-state index in [4.69, 9.17) is 29.9 Å². The molecule has 0 unspecified atom stereocenters. The molecule has 0 aliphatic rings. The first kappa shape index (κ1) is 40.3. The molecule has 13 aromatic rings. The molecule has 13 rings (SSSR count). The van der Waals surface area contributed by atoms with E-state index in [1.807, 2.05) is 60.7 Å². The third-order valence-corrected chi connectivity index (χ3v) is 14.1. The van der Waals surface area contributed by atoms with Crippen molar-refractivity contribution in [3.05, 3.63) is 231 Å². The molecule has 10 aromatic carbocycles. The van der Waals surface area contributed by atoms with Gasteiger partial charge >= 0.3 is 0 Å². The number of fused-ring (bicyclic) bond motifs is 5. The topological polar surface area (TPSA) is 77.3 Å². The highest BCUT2D eigenvalue weighted by molar-refractivity contribution is 7.26. The molecule has 3 aromatic heterocycles. The van der Waals surface area contributed by atoms with E-state index in [9.17, 15) is 0 Å². The lowest BCUT2D eigenvalue weighted by Crippen LogP contribution is -2.02. The van der Waals surface area contributed by atoms with E-state index in [1.165, 1.54) is 15.5 Å². The minimum absolute atomic E-state index is 0.589. The summed E-state index contributed by atoms with van der Waals surface area (Å²) >= 11 is 1.77. The molecule has 322 valence electrons. The summed E-state index contributed by atoms with van der Waals surface area (Å²) in [6, 6.07) is 80.0. The van der Waals surface area contributed by atoms with Crippen molar-refractivity contribution in [2.24, 2.45) is 0 Å². The van der Waals surface area contributed by atoms with Crippen LogP contribution in [-0.4, -0.2) is 29.9 Å². The summed E-state index contributed by atoms with van der Waals surface area (Å²) in [5.74, 6) is 3.66. The van der Waals surface area contributed by atoms with Gasteiger partial charge in [-0.2, -0.15) is 0 Å². The minimum atomic E-state index is 0.589. The fourth-order valence-electron chi connectivity index (χ4n) is 9.52. The van der Waals surface area contributed by atoms with Gasteiger partial charge in [-0.3, -0.25) is 0 Å². The SMILES string of the molecule is c1ccc(-c2nc(-c3ccccc3)nc(-c3ccc(-c4c(-c5nc(-c6ccc(-c7ccccc7)c7ccccc67)nc(-c6cccc7c6sc6ccccc67)n5)ccc5ccccc45)cc3)n2)cc1. The number of benzene rings is 10. The lowest BCUT2D eigenvalue weighted by molar-refractivity contribution is 1.07. The first-order valence-corrected chi connectivity index (χ1v) is 23.8. The van der Waals surface area contributed by atoms with Gasteiger partial charge in [-0.1, -0.05) is 206 Å². The number of hydrogen-bond acceptors (Lipinski definition) is 7. The van der Waals surface area contributed by atoms with Crippen molar-refractivity contribution in [3.63, 3.8) is 0 Å². The van der Waals surface area contributed by atoms with E-state index in [-0.39, 0.29) is 0 Å². The summed E-state index contributed by atoms with van der Waals surface area (Å²) in [6.07, 6.45) is 0. The van der Waals surface area contributed by atoms with Crippen LogP contribution in [0, 0.1) is 0 Å². The molecular weight excluding hydrogens is 861 g/mol. The van der Waals surface area contributed by atoms with Gasteiger partial charge in [-0.25, -0.2) is 29.9 Å². The molecular formula is C62H38N6S. The van der Waals surface area contributed by atoms with Gasteiger partial charge in [0.2, 0.25) is 0 Å². The van der Waals surface area contributed by atoms with Gasteiger partial charge < -0.3 is 0 Å². The maximum atomic E-state index is 5.46. The summed E-state index contributed by atoms with van der Waals surface area (Å²) in [5.41, 5.74) is 9.89. The van der Waals surface area contributed by atoms with E-state index in [2.05, 4.69) is 170 Å². The Bertz CT molecular complexity index is 4000. The molecule has 0 aliphatic carbocycles. The van der Waals surface area contributed by atoms with E-state index in [0.29, 0.717) is 34.9 Å². The Morgan fingerprint density at radius 1 is 0.232 bits per heavy atom. The lowest BCUT2D eigenvalue weighted by atomic mass is 9.92. The average Bonchev–Trinajstić information content (AvgIpc) is 3.82. The second kappa shape index (κ2) is 17.0. The monoisotopic (exact) mass is 898 g/mol. The van der Waals surface area contributed by atoms with E-state index < -0.39 is 0 Å². The van der Waals surface area contributed by atoms with Crippen LogP contribution in [-0.2, 0) is 0 Å². The summed E-state index contributed by atoms with van der Waals surface area (Å²) in [4.78, 5) is 31.3. The maximum Gasteiger partial charge on any atom is 0.165 e. The van der Waals surface area contributed by atoms with Crippen LogP contribution in [0.3, 0.4) is 0 Å². The van der Waals surface area contributed by atoms with Gasteiger partial charge in [0.25, 0.3) is 0 Å².